The van der Waals surface area contributed by atoms with Crippen molar-refractivity contribution in [2.45, 2.75) is 25.9 Å². The van der Waals surface area contributed by atoms with Crippen molar-refractivity contribution in [1.29, 1.82) is 0 Å². The third-order valence-electron chi connectivity index (χ3n) is 3.22. The second-order valence-corrected chi connectivity index (χ2v) is 5.53. The molecular weight excluding hydrogens is 277 g/mol. The maximum atomic E-state index is 6.21. The Kier molecular flexibility index (Phi) is 4.87. The van der Waals surface area contributed by atoms with Gasteiger partial charge in [0.15, 0.2) is 0 Å². The van der Waals surface area contributed by atoms with E-state index < -0.39 is 0 Å². The highest BCUT2D eigenvalue weighted by Crippen LogP contribution is 2.25. The van der Waals surface area contributed by atoms with E-state index in [1.165, 1.54) is 5.56 Å². The first-order valence-corrected chi connectivity index (χ1v) is 7.09. The summed E-state index contributed by atoms with van der Waals surface area (Å²) >= 11 is 12.2. The van der Waals surface area contributed by atoms with Crippen LogP contribution in [0, 0.1) is 0 Å². The first kappa shape index (κ1) is 14.4. The quantitative estimate of drug-likeness (QED) is 0.795. The summed E-state index contributed by atoms with van der Waals surface area (Å²) in [5, 5.41) is 5.09. The molecule has 0 aliphatic rings. The molecule has 0 fully saturated rings. The monoisotopic (exact) mass is 293 g/mol. The van der Waals surface area contributed by atoms with E-state index in [1.807, 2.05) is 42.5 Å². The van der Waals surface area contributed by atoms with Gasteiger partial charge in [0.25, 0.3) is 0 Å². The standard InChI is InChI=1S/C16H17Cl2N/c1-11(13-6-5-7-14(17)10-13)19-12(2)15-8-3-4-9-16(15)18/h3-12,19H,1-2H3/t11-,12?/m1/s1. The normalized spacial score (nSPS) is 14.1. The summed E-state index contributed by atoms with van der Waals surface area (Å²) in [5.41, 5.74) is 2.28. The molecule has 1 nitrogen and oxygen atoms in total. The van der Waals surface area contributed by atoms with E-state index in [0.29, 0.717) is 0 Å². The van der Waals surface area contributed by atoms with E-state index >= 15 is 0 Å². The first-order chi connectivity index (χ1) is 9.08. The van der Waals surface area contributed by atoms with Crippen LogP contribution in [0.1, 0.15) is 37.1 Å². The average molecular weight is 294 g/mol. The Morgan fingerprint density at radius 3 is 2.32 bits per heavy atom. The third kappa shape index (κ3) is 3.73. The Labute approximate surface area is 124 Å². The lowest BCUT2D eigenvalue weighted by molar-refractivity contribution is 0.495. The minimum atomic E-state index is 0.183. The molecular formula is C16H17Cl2N. The molecule has 2 aromatic carbocycles. The minimum Gasteiger partial charge on any atom is -0.304 e. The van der Waals surface area contributed by atoms with Crippen LogP contribution in [0.5, 0.6) is 0 Å². The van der Waals surface area contributed by atoms with Crippen molar-refractivity contribution >= 4 is 23.2 Å². The smallest absolute Gasteiger partial charge is 0.0453 e. The SMILES string of the molecule is CC(N[C@H](C)c1cccc(Cl)c1)c1ccccc1Cl. The number of hydrogen-bond acceptors (Lipinski definition) is 1. The lowest BCUT2D eigenvalue weighted by Gasteiger charge is -2.21. The maximum absolute atomic E-state index is 6.21. The van der Waals surface area contributed by atoms with Crippen LogP contribution in [0.25, 0.3) is 0 Å². The highest BCUT2D eigenvalue weighted by atomic mass is 35.5. The van der Waals surface area contributed by atoms with Crippen molar-refractivity contribution in [1.82, 2.24) is 5.32 Å². The fourth-order valence-electron chi connectivity index (χ4n) is 2.16. The topological polar surface area (TPSA) is 12.0 Å². The lowest BCUT2D eigenvalue weighted by Crippen LogP contribution is -2.22. The van der Waals surface area contributed by atoms with Gasteiger partial charge in [-0.1, -0.05) is 53.5 Å². The van der Waals surface area contributed by atoms with Crippen molar-refractivity contribution in [2.24, 2.45) is 0 Å². The van der Waals surface area contributed by atoms with Gasteiger partial charge in [-0.15, -0.1) is 0 Å². The van der Waals surface area contributed by atoms with E-state index in [2.05, 4.69) is 25.2 Å². The van der Waals surface area contributed by atoms with Crippen LogP contribution < -0.4 is 5.32 Å². The van der Waals surface area contributed by atoms with E-state index in [9.17, 15) is 0 Å². The van der Waals surface area contributed by atoms with Gasteiger partial charge in [0.05, 0.1) is 0 Å². The van der Waals surface area contributed by atoms with Gasteiger partial charge in [-0.25, -0.2) is 0 Å². The fourth-order valence-corrected chi connectivity index (χ4v) is 2.66. The van der Waals surface area contributed by atoms with Gasteiger partial charge >= 0.3 is 0 Å². The summed E-state index contributed by atoms with van der Waals surface area (Å²) < 4.78 is 0. The van der Waals surface area contributed by atoms with E-state index in [4.69, 9.17) is 23.2 Å². The summed E-state index contributed by atoms with van der Waals surface area (Å²) in [6.45, 7) is 4.24. The summed E-state index contributed by atoms with van der Waals surface area (Å²) in [6.07, 6.45) is 0. The van der Waals surface area contributed by atoms with Crippen molar-refractivity contribution in [3.63, 3.8) is 0 Å². The van der Waals surface area contributed by atoms with Gasteiger partial charge < -0.3 is 5.32 Å². The molecule has 2 aromatic rings. The molecule has 0 aromatic heterocycles. The molecule has 1 N–H and O–H groups in total. The van der Waals surface area contributed by atoms with Gasteiger partial charge in [0, 0.05) is 22.1 Å². The Hall–Kier alpha value is -1.02. The molecule has 0 radical (unpaired) electrons. The van der Waals surface area contributed by atoms with Gasteiger partial charge in [0.2, 0.25) is 0 Å². The molecule has 0 saturated carbocycles. The van der Waals surface area contributed by atoms with E-state index in [0.717, 1.165) is 15.6 Å². The number of nitrogens with one attached hydrogen (secondary N) is 1. The molecule has 2 rings (SSSR count). The fraction of sp³-hybridized carbons (Fsp3) is 0.250. The van der Waals surface area contributed by atoms with Crippen LogP contribution in [0.15, 0.2) is 48.5 Å². The zero-order chi connectivity index (χ0) is 13.8. The van der Waals surface area contributed by atoms with Crippen LogP contribution in [0.3, 0.4) is 0 Å². The van der Waals surface area contributed by atoms with Crippen LogP contribution in [0.4, 0.5) is 0 Å². The van der Waals surface area contributed by atoms with Gasteiger partial charge in [-0.05, 0) is 43.2 Å². The molecule has 3 heteroatoms. The Morgan fingerprint density at radius 2 is 1.63 bits per heavy atom. The molecule has 0 saturated heterocycles. The molecule has 0 spiro atoms. The predicted octanol–water partition coefficient (Wildman–Crippen LogP) is 5.41. The summed E-state index contributed by atoms with van der Waals surface area (Å²) in [6, 6.07) is 16.2. The van der Waals surface area contributed by atoms with Crippen molar-refractivity contribution in [2.75, 3.05) is 0 Å². The van der Waals surface area contributed by atoms with Gasteiger partial charge in [-0.3, -0.25) is 0 Å². The highest BCUT2D eigenvalue weighted by molar-refractivity contribution is 6.31. The van der Waals surface area contributed by atoms with Crippen LogP contribution in [-0.4, -0.2) is 0 Å². The van der Waals surface area contributed by atoms with E-state index in [1.54, 1.807) is 0 Å². The molecule has 1 unspecified atom stereocenters. The molecule has 100 valence electrons. The number of benzene rings is 2. The average Bonchev–Trinajstić information content (AvgIpc) is 2.39. The molecule has 0 heterocycles. The van der Waals surface area contributed by atoms with Crippen molar-refractivity contribution < 1.29 is 0 Å². The Morgan fingerprint density at radius 1 is 0.895 bits per heavy atom. The molecule has 0 amide bonds. The lowest BCUT2D eigenvalue weighted by atomic mass is 10.0. The third-order valence-corrected chi connectivity index (χ3v) is 3.80. The minimum absolute atomic E-state index is 0.183. The van der Waals surface area contributed by atoms with Crippen LogP contribution in [-0.2, 0) is 0 Å². The number of hydrogen-bond donors (Lipinski definition) is 1. The number of rotatable bonds is 4. The largest absolute Gasteiger partial charge is 0.304 e. The molecule has 0 bridgehead atoms. The van der Waals surface area contributed by atoms with Crippen molar-refractivity contribution in [3.8, 4) is 0 Å². The van der Waals surface area contributed by atoms with Crippen LogP contribution in [0.2, 0.25) is 10.0 Å². The van der Waals surface area contributed by atoms with Crippen LogP contribution >= 0.6 is 23.2 Å². The summed E-state index contributed by atoms with van der Waals surface area (Å²) in [7, 11) is 0. The second-order valence-electron chi connectivity index (χ2n) is 4.69. The second kappa shape index (κ2) is 6.42. The molecule has 2 atom stereocenters. The van der Waals surface area contributed by atoms with E-state index in [-0.39, 0.29) is 12.1 Å². The Balaban J connectivity index is 2.11. The molecule has 0 aliphatic carbocycles. The molecule has 19 heavy (non-hydrogen) atoms. The van der Waals surface area contributed by atoms with Crippen molar-refractivity contribution in [3.05, 3.63) is 69.7 Å². The summed E-state index contributed by atoms with van der Waals surface area (Å²) in [4.78, 5) is 0. The zero-order valence-corrected chi connectivity index (χ0v) is 12.5. The van der Waals surface area contributed by atoms with Gasteiger partial charge in [0.1, 0.15) is 0 Å². The zero-order valence-electron chi connectivity index (χ0n) is 11.0. The number of halogens is 2. The predicted molar refractivity (Wildman–Crippen MR) is 82.9 cm³/mol. The summed E-state index contributed by atoms with van der Waals surface area (Å²) in [5.74, 6) is 0. The van der Waals surface area contributed by atoms with Gasteiger partial charge in [-0.2, -0.15) is 0 Å². The molecule has 0 aliphatic heterocycles. The highest BCUT2D eigenvalue weighted by Gasteiger charge is 2.13. The maximum Gasteiger partial charge on any atom is 0.0453 e. The Bertz CT molecular complexity index is 554. The first-order valence-electron chi connectivity index (χ1n) is 6.34.